The van der Waals surface area contributed by atoms with E-state index in [1.807, 2.05) is 18.7 Å². The molecule has 0 fully saturated rings. The average Bonchev–Trinajstić information content (AvgIpc) is 2.82. The number of nitrogens with zero attached hydrogens (tertiary/aromatic N) is 4. The van der Waals surface area contributed by atoms with Gasteiger partial charge in [0.05, 0.1) is 5.69 Å². The topological polar surface area (TPSA) is 55.6 Å². The van der Waals surface area contributed by atoms with Gasteiger partial charge in [0.25, 0.3) is 0 Å². The monoisotopic (exact) mass is 251 g/mol. The summed E-state index contributed by atoms with van der Waals surface area (Å²) >= 11 is 1.57. The van der Waals surface area contributed by atoms with Crippen molar-refractivity contribution in [1.29, 1.82) is 0 Å². The Hall–Kier alpha value is -1.43. The van der Waals surface area contributed by atoms with Crippen LogP contribution in [0.5, 0.6) is 0 Å². The van der Waals surface area contributed by atoms with Crippen LogP contribution in [0.2, 0.25) is 0 Å². The summed E-state index contributed by atoms with van der Waals surface area (Å²) in [6, 6.07) is 0. The van der Waals surface area contributed by atoms with E-state index in [0.717, 1.165) is 22.4 Å². The van der Waals surface area contributed by atoms with Gasteiger partial charge in [-0.1, -0.05) is 25.2 Å². The first kappa shape index (κ1) is 12.0. The Bertz CT molecular complexity index is 500. The fourth-order valence-electron chi connectivity index (χ4n) is 1.72. The molecule has 0 saturated heterocycles. The minimum Gasteiger partial charge on any atom is -0.356 e. The van der Waals surface area contributed by atoms with Gasteiger partial charge in [0.15, 0.2) is 0 Å². The van der Waals surface area contributed by atoms with Gasteiger partial charge in [0, 0.05) is 25.4 Å². The van der Waals surface area contributed by atoms with Crippen LogP contribution in [-0.2, 0) is 13.6 Å². The van der Waals surface area contributed by atoms with Gasteiger partial charge in [0.1, 0.15) is 5.01 Å². The molecule has 2 aromatic rings. The predicted octanol–water partition coefficient (Wildman–Crippen LogP) is 2.32. The first-order valence-corrected chi connectivity index (χ1v) is 6.44. The lowest BCUT2D eigenvalue weighted by Gasteiger charge is -2.05. The molecule has 0 aliphatic carbocycles. The van der Waals surface area contributed by atoms with E-state index < -0.39 is 0 Å². The number of anilines is 1. The van der Waals surface area contributed by atoms with Crippen LogP contribution in [0, 0.1) is 6.92 Å². The minimum atomic E-state index is 0.434. The summed E-state index contributed by atoms with van der Waals surface area (Å²) in [5, 5.41) is 17.6. The molecule has 6 heteroatoms. The van der Waals surface area contributed by atoms with Gasteiger partial charge in [0.2, 0.25) is 5.13 Å². The molecular weight excluding hydrogens is 234 g/mol. The van der Waals surface area contributed by atoms with Gasteiger partial charge in [-0.2, -0.15) is 5.10 Å². The maximum absolute atomic E-state index is 4.47. The van der Waals surface area contributed by atoms with Gasteiger partial charge in [-0.3, -0.25) is 4.68 Å². The third-order valence-electron chi connectivity index (χ3n) is 2.44. The maximum atomic E-state index is 4.47. The van der Waals surface area contributed by atoms with Crippen LogP contribution in [-0.4, -0.2) is 20.0 Å². The van der Waals surface area contributed by atoms with Crippen LogP contribution in [0.4, 0.5) is 5.13 Å². The Kier molecular flexibility index (Phi) is 3.42. The highest BCUT2D eigenvalue weighted by molar-refractivity contribution is 7.15. The summed E-state index contributed by atoms with van der Waals surface area (Å²) in [6.45, 7) is 7.00. The highest BCUT2D eigenvalue weighted by Crippen LogP contribution is 2.20. The Balaban J connectivity index is 2.08. The van der Waals surface area contributed by atoms with Crippen molar-refractivity contribution in [2.45, 2.75) is 33.2 Å². The van der Waals surface area contributed by atoms with E-state index in [1.165, 1.54) is 5.56 Å². The second kappa shape index (κ2) is 4.83. The van der Waals surface area contributed by atoms with Crippen molar-refractivity contribution in [3.63, 3.8) is 0 Å². The fourth-order valence-corrected chi connectivity index (χ4v) is 2.30. The Morgan fingerprint density at radius 3 is 2.76 bits per heavy atom. The quantitative estimate of drug-likeness (QED) is 0.906. The Labute approximate surface area is 105 Å². The number of aryl methyl sites for hydroxylation is 2. The minimum absolute atomic E-state index is 0.434. The first-order chi connectivity index (χ1) is 8.06. The van der Waals surface area contributed by atoms with Gasteiger partial charge in [-0.15, -0.1) is 10.2 Å². The van der Waals surface area contributed by atoms with Crippen molar-refractivity contribution >= 4 is 16.5 Å². The van der Waals surface area contributed by atoms with E-state index in [9.17, 15) is 0 Å². The van der Waals surface area contributed by atoms with Crippen LogP contribution in [0.25, 0.3) is 0 Å². The molecule has 2 aromatic heterocycles. The molecule has 0 spiro atoms. The number of rotatable bonds is 4. The second-order valence-corrected chi connectivity index (χ2v) is 5.53. The summed E-state index contributed by atoms with van der Waals surface area (Å²) in [5.74, 6) is 0.434. The van der Waals surface area contributed by atoms with E-state index in [4.69, 9.17) is 0 Å². The van der Waals surface area contributed by atoms with E-state index in [2.05, 4.69) is 40.7 Å². The molecule has 0 aliphatic rings. The molecule has 0 saturated carbocycles. The number of hydrogen-bond donors (Lipinski definition) is 1. The molecule has 5 nitrogen and oxygen atoms in total. The van der Waals surface area contributed by atoms with Crippen LogP contribution in [0.3, 0.4) is 0 Å². The van der Waals surface area contributed by atoms with Crippen LogP contribution < -0.4 is 5.32 Å². The smallest absolute Gasteiger partial charge is 0.205 e. The second-order valence-electron chi connectivity index (χ2n) is 4.35. The zero-order valence-electron chi connectivity index (χ0n) is 10.6. The molecular formula is C11H17N5S. The van der Waals surface area contributed by atoms with E-state index in [0.29, 0.717) is 5.92 Å². The van der Waals surface area contributed by atoms with E-state index >= 15 is 0 Å². The van der Waals surface area contributed by atoms with E-state index in [-0.39, 0.29) is 0 Å². The number of nitrogens with one attached hydrogen (secondary N) is 1. The summed E-state index contributed by atoms with van der Waals surface area (Å²) in [6.07, 6.45) is 2.05. The standard InChI is InChI=1S/C11H17N5S/c1-7(2)10-9(6-16(4)15-10)5-12-11-14-13-8(3)17-11/h6-7H,5H2,1-4H3,(H,12,14). The average molecular weight is 251 g/mol. The number of aromatic nitrogens is 4. The normalized spacial score (nSPS) is 11.1. The van der Waals surface area contributed by atoms with Crippen LogP contribution in [0.1, 0.15) is 36.0 Å². The van der Waals surface area contributed by atoms with E-state index in [1.54, 1.807) is 11.3 Å². The Morgan fingerprint density at radius 1 is 1.41 bits per heavy atom. The van der Waals surface area contributed by atoms with Crippen molar-refractivity contribution in [3.8, 4) is 0 Å². The summed E-state index contributed by atoms with van der Waals surface area (Å²) in [4.78, 5) is 0. The molecule has 0 aliphatic heterocycles. The van der Waals surface area contributed by atoms with Gasteiger partial charge in [-0.25, -0.2) is 0 Å². The summed E-state index contributed by atoms with van der Waals surface area (Å²) in [7, 11) is 1.95. The zero-order valence-corrected chi connectivity index (χ0v) is 11.4. The molecule has 0 radical (unpaired) electrons. The molecule has 2 rings (SSSR count). The molecule has 17 heavy (non-hydrogen) atoms. The summed E-state index contributed by atoms with van der Waals surface area (Å²) in [5.41, 5.74) is 2.36. The van der Waals surface area contributed by atoms with Crippen molar-refractivity contribution in [3.05, 3.63) is 22.5 Å². The molecule has 0 unspecified atom stereocenters. The lowest BCUT2D eigenvalue weighted by atomic mass is 10.1. The van der Waals surface area contributed by atoms with Crippen molar-refractivity contribution in [2.75, 3.05) is 5.32 Å². The van der Waals surface area contributed by atoms with Crippen LogP contribution >= 0.6 is 11.3 Å². The highest BCUT2D eigenvalue weighted by Gasteiger charge is 2.11. The highest BCUT2D eigenvalue weighted by atomic mass is 32.1. The summed E-state index contributed by atoms with van der Waals surface area (Å²) < 4.78 is 1.86. The third kappa shape index (κ3) is 2.82. The van der Waals surface area contributed by atoms with Gasteiger partial charge in [-0.05, 0) is 12.8 Å². The third-order valence-corrected chi connectivity index (χ3v) is 3.24. The van der Waals surface area contributed by atoms with Crippen molar-refractivity contribution in [2.24, 2.45) is 7.05 Å². The van der Waals surface area contributed by atoms with Gasteiger partial charge < -0.3 is 5.32 Å². The maximum Gasteiger partial charge on any atom is 0.205 e. The number of hydrogen-bond acceptors (Lipinski definition) is 5. The van der Waals surface area contributed by atoms with Gasteiger partial charge >= 0.3 is 0 Å². The van der Waals surface area contributed by atoms with Crippen molar-refractivity contribution < 1.29 is 0 Å². The SMILES string of the molecule is Cc1nnc(NCc2cn(C)nc2C(C)C)s1. The lowest BCUT2D eigenvalue weighted by Crippen LogP contribution is -2.02. The molecule has 92 valence electrons. The van der Waals surface area contributed by atoms with Crippen molar-refractivity contribution in [1.82, 2.24) is 20.0 Å². The largest absolute Gasteiger partial charge is 0.356 e. The molecule has 0 atom stereocenters. The predicted molar refractivity (Wildman–Crippen MR) is 69.3 cm³/mol. The zero-order chi connectivity index (χ0) is 12.4. The molecule has 1 N–H and O–H groups in total. The molecule has 0 aromatic carbocycles. The Morgan fingerprint density at radius 2 is 2.18 bits per heavy atom. The molecule has 2 heterocycles. The lowest BCUT2D eigenvalue weighted by molar-refractivity contribution is 0.712. The molecule has 0 bridgehead atoms. The molecule has 0 amide bonds. The fraction of sp³-hybridized carbons (Fsp3) is 0.545. The van der Waals surface area contributed by atoms with Crippen LogP contribution in [0.15, 0.2) is 6.20 Å². The first-order valence-electron chi connectivity index (χ1n) is 5.62.